The number of amides is 1. The summed E-state index contributed by atoms with van der Waals surface area (Å²) in [6.07, 6.45) is 7.00. The van der Waals surface area contributed by atoms with Crippen LogP contribution in [0.25, 0.3) is 33.4 Å². The molecule has 0 radical (unpaired) electrons. The second-order valence-electron chi connectivity index (χ2n) is 12.5. The number of rotatable bonds is 5. The van der Waals surface area contributed by atoms with Crippen molar-refractivity contribution in [3.05, 3.63) is 66.6 Å². The second kappa shape index (κ2) is 11.7. The van der Waals surface area contributed by atoms with Gasteiger partial charge in [-0.15, -0.1) is 0 Å². The standard InChI is InChI=1S/C32H38N6O4S/c1-32(2,3)42-31(39)37-13-11-26(12-14-37)38-22-25(19-34-38)29-20-33-28-6-4-5-27(30(28)35-29)24-9-7-23(8-10-24)21-36-15-17-43(40,41)18-16-36/h4-10,19-20,22,26H,11-18,21H2,1-3H3. The number of para-hydroxylation sites is 1. The smallest absolute Gasteiger partial charge is 0.410 e. The van der Waals surface area contributed by atoms with Crippen molar-refractivity contribution in [3.8, 4) is 22.4 Å². The van der Waals surface area contributed by atoms with Crippen LogP contribution in [-0.4, -0.2) is 87.3 Å². The summed E-state index contributed by atoms with van der Waals surface area (Å²) in [4.78, 5) is 26.2. The van der Waals surface area contributed by atoms with Gasteiger partial charge in [0.1, 0.15) is 5.60 Å². The summed E-state index contributed by atoms with van der Waals surface area (Å²) < 4.78 is 31.0. The fourth-order valence-electron chi connectivity index (χ4n) is 5.67. The minimum atomic E-state index is -2.89. The second-order valence-corrected chi connectivity index (χ2v) is 14.8. The number of benzene rings is 2. The Morgan fingerprint density at radius 2 is 1.67 bits per heavy atom. The van der Waals surface area contributed by atoms with Crippen molar-refractivity contribution < 1.29 is 17.9 Å². The number of fused-ring (bicyclic) bond motifs is 1. The van der Waals surface area contributed by atoms with E-state index in [1.807, 2.05) is 50.0 Å². The Hall–Kier alpha value is -3.83. The van der Waals surface area contributed by atoms with E-state index in [2.05, 4.69) is 40.3 Å². The first-order valence-electron chi connectivity index (χ1n) is 14.8. The van der Waals surface area contributed by atoms with Crippen LogP contribution < -0.4 is 0 Å². The van der Waals surface area contributed by atoms with Crippen molar-refractivity contribution >= 4 is 27.0 Å². The highest BCUT2D eigenvalue weighted by Gasteiger charge is 2.28. The van der Waals surface area contributed by atoms with Crippen LogP contribution in [0.5, 0.6) is 0 Å². The number of carbonyl (C=O) groups is 1. The predicted molar refractivity (Wildman–Crippen MR) is 166 cm³/mol. The maximum atomic E-state index is 12.4. The zero-order chi connectivity index (χ0) is 30.2. The fraction of sp³-hybridized carbons (Fsp3) is 0.438. The molecule has 0 unspecified atom stereocenters. The lowest BCUT2D eigenvalue weighted by atomic mass is 10.0. The zero-order valence-electron chi connectivity index (χ0n) is 24.9. The summed E-state index contributed by atoms with van der Waals surface area (Å²) in [6.45, 7) is 8.80. The van der Waals surface area contributed by atoms with E-state index in [4.69, 9.17) is 14.7 Å². The molecule has 11 heteroatoms. The zero-order valence-corrected chi connectivity index (χ0v) is 25.8. The van der Waals surface area contributed by atoms with Crippen molar-refractivity contribution in [1.29, 1.82) is 0 Å². The lowest BCUT2D eigenvalue weighted by Crippen LogP contribution is -2.42. The molecule has 43 heavy (non-hydrogen) atoms. The lowest BCUT2D eigenvalue weighted by Gasteiger charge is -2.33. The molecule has 0 N–H and O–H groups in total. The number of hydrogen-bond acceptors (Lipinski definition) is 8. The summed E-state index contributed by atoms with van der Waals surface area (Å²) in [7, 11) is -2.89. The molecule has 4 heterocycles. The van der Waals surface area contributed by atoms with Crippen molar-refractivity contribution in [2.75, 3.05) is 37.7 Å². The Balaban J connectivity index is 1.16. The van der Waals surface area contributed by atoms with Gasteiger partial charge in [-0.2, -0.15) is 5.10 Å². The molecule has 2 aliphatic rings. The minimum absolute atomic E-state index is 0.198. The molecule has 2 saturated heterocycles. The molecule has 2 aliphatic heterocycles. The number of hydrogen-bond donors (Lipinski definition) is 0. The van der Waals surface area contributed by atoms with Gasteiger partial charge in [-0.05, 0) is 50.8 Å². The molecule has 1 amide bonds. The molecule has 0 aliphatic carbocycles. The van der Waals surface area contributed by atoms with Crippen LogP contribution in [0.4, 0.5) is 4.79 Å². The van der Waals surface area contributed by atoms with E-state index < -0.39 is 15.4 Å². The van der Waals surface area contributed by atoms with E-state index in [9.17, 15) is 13.2 Å². The number of nitrogens with zero attached hydrogens (tertiary/aromatic N) is 6. The van der Waals surface area contributed by atoms with Crippen LogP contribution >= 0.6 is 0 Å². The third kappa shape index (κ3) is 6.88. The van der Waals surface area contributed by atoms with E-state index in [-0.39, 0.29) is 23.6 Å². The van der Waals surface area contributed by atoms with Gasteiger partial charge in [0, 0.05) is 50.0 Å². The molecular formula is C32H38N6O4S. The van der Waals surface area contributed by atoms with Crippen LogP contribution in [0, 0.1) is 0 Å². The highest BCUT2D eigenvalue weighted by atomic mass is 32.2. The number of piperidine rings is 1. The highest BCUT2D eigenvalue weighted by molar-refractivity contribution is 7.91. The Morgan fingerprint density at radius 1 is 0.953 bits per heavy atom. The Kier molecular flexibility index (Phi) is 7.95. The number of ether oxygens (including phenoxy) is 1. The highest BCUT2D eigenvalue weighted by Crippen LogP contribution is 2.30. The first-order valence-corrected chi connectivity index (χ1v) is 16.7. The normalized spacial score (nSPS) is 18.2. The van der Waals surface area contributed by atoms with Crippen LogP contribution in [-0.2, 0) is 21.1 Å². The fourth-order valence-corrected chi connectivity index (χ4v) is 6.95. The molecule has 6 rings (SSSR count). The third-order valence-corrected chi connectivity index (χ3v) is 9.68. The molecule has 0 saturated carbocycles. The molecule has 4 aromatic rings. The number of carbonyl (C=O) groups excluding carboxylic acids is 1. The molecule has 2 aromatic carbocycles. The van der Waals surface area contributed by atoms with E-state index in [1.54, 1.807) is 11.1 Å². The molecule has 2 aromatic heterocycles. The lowest BCUT2D eigenvalue weighted by molar-refractivity contribution is 0.0184. The molecule has 0 spiro atoms. The average molecular weight is 603 g/mol. The van der Waals surface area contributed by atoms with Crippen LogP contribution in [0.2, 0.25) is 0 Å². The Morgan fingerprint density at radius 3 is 2.37 bits per heavy atom. The molecule has 0 bridgehead atoms. The topological polar surface area (TPSA) is 111 Å². The van der Waals surface area contributed by atoms with E-state index in [0.717, 1.165) is 58.4 Å². The third-order valence-electron chi connectivity index (χ3n) is 8.07. The molecular weight excluding hydrogens is 564 g/mol. The summed E-state index contributed by atoms with van der Waals surface area (Å²) in [6, 6.07) is 14.6. The van der Waals surface area contributed by atoms with E-state index in [0.29, 0.717) is 26.2 Å². The average Bonchev–Trinajstić information content (AvgIpc) is 3.48. The molecule has 226 valence electrons. The van der Waals surface area contributed by atoms with E-state index >= 15 is 0 Å². The van der Waals surface area contributed by atoms with Crippen molar-refractivity contribution in [1.82, 2.24) is 29.5 Å². The van der Waals surface area contributed by atoms with Crippen molar-refractivity contribution in [3.63, 3.8) is 0 Å². The first-order chi connectivity index (χ1) is 20.5. The summed E-state index contributed by atoms with van der Waals surface area (Å²) >= 11 is 0. The van der Waals surface area contributed by atoms with Gasteiger partial charge in [-0.3, -0.25) is 14.6 Å². The van der Waals surface area contributed by atoms with Gasteiger partial charge in [0.25, 0.3) is 0 Å². The monoisotopic (exact) mass is 602 g/mol. The maximum absolute atomic E-state index is 12.4. The molecule has 2 fully saturated rings. The molecule has 10 nitrogen and oxygen atoms in total. The van der Waals surface area contributed by atoms with Gasteiger partial charge < -0.3 is 9.64 Å². The van der Waals surface area contributed by atoms with Crippen LogP contribution in [0.3, 0.4) is 0 Å². The number of aromatic nitrogens is 4. The van der Waals surface area contributed by atoms with Gasteiger partial charge in [0.05, 0.1) is 46.7 Å². The Labute approximate surface area is 252 Å². The summed E-state index contributed by atoms with van der Waals surface area (Å²) in [5.74, 6) is 0.461. The van der Waals surface area contributed by atoms with Crippen molar-refractivity contribution in [2.45, 2.75) is 51.8 Å². The van der Waals surface area contributed by atoms with Crippen molar-refractivity contribution in [2.24, 2.45) is 0 Å². The Bertz CT molecular complexity index is 1710. The van der Waals surface area contributed by atoms with Gasteiger partial charge in [0.2, 0.25) is 0 Å². The largest absolute Gasteiger partial charge is 0.444 e. The SMILES string of the molecule is CC(C)(C)OC(=O)N1CCC(n2cc(-c3cnc4cccc(-c5ccc(CN6CCS(=O)(=O)CC6)cc5)c4n3)cn2)CC1. The van der Waals surface area contributed by atoms with Gasteiger partial charge >= 0.3 is 6.09 Å². The maximum Gasteiger partial charge on any atom is 0.410 e. The van der Waals surface area contributed by atoms with Gasteiger partial charge in [-0.1, -0.05) is 36.4 Å². The van der Waals surface area contributed by atoms with Crippen LogP contribution in [0.1, 0.15) is 45.2 Å². The molecule has 0 atom stereocenters. The minimum Gasteiger partial charge on any atom is -0.444 e. The summed E-state index contributed by atoms with van der Waals surface area (Å²) in [5.41, 5.74) is 6.01. The van der Waals surface area contributed by atoms with Gasteiger partial charge in [0.15, 0.2) is 9.84 Å². The quantitative estimate of drug-likeness (QED) is 0.315. The first kappa shape index (κ1) is 29.3. The summed E-state index contributed by atoms with van der Waals surface area (Å²) in [5, 5.41) is 4.65. The number of sulfone groups is 1. The van der Waals surface area contributed by atoms with Crippen LogP contribution in [0.15, 0.2) is 61.1 Å². The number of likely N-dealkylation sites (tertiary alicyclic amines) is 1. The van der Waals surface area contributed by atoms with E-state index in [1.165, 1.54) is 0 Å². The van der Waals surface area contributed by atoms with Gasteiger partial charge in [-0.25, -0.2) is 18.2 Å². The predicted octanol–water partition coefficient (Wildman–Crippen LogP) is 4.96.